The molecule has 0 aliphatic heterocycles. The summed E-state index contributed by atoms with van der Waals surface area (Å²) < 4.78 is 0. The second-order valence-electron chi connectivity index (χ2n) is 2.50. The summed E-state index contributed by atoms with van der Waals surface area (Å²) in [6.07, 6.45) is 0. The van der Waals surface area contributed by atoms with Crippen molar-refractivity contribution in [3.63, 3.8) is 0 Å². The molecule has 16 heavy (non-hydrogen) atoms. The van der Waals surface area contributed by atoms with Crippen LogP contribution in [-0.2, 0) is 22.4 Å². The molecular weight excluding hydrogens is 283 g/mol. The standard InChI is InChI=1S/5C2H7N.Nb/c5*1-3-2;/h5*3H,1-2H3;. The van der Waals surface area contributed by atoms with E-state index in [2.05, 4.69) is 26.6 Å². The van der Waals surface area contributed by atoms with Gasteiger partial charge in [0.25, 0.3) is 0 Å². The van der Waals surface area contributed by atoms with Gasteiger partial charge in [0.05, 0.1) is 0 Å². The van der Waals surface area contributed by atoms with Gasteiger partial charge in [-0.3, -0.25) is 0 Å². The summed E-state index contributed by atoms with van der Waals surface area (Å²) in [5.74, 6) is 0. The number of hydrogen-bond acceptors (Lipinski definition) is 5. The van der Waals surface area contributed by atoms with Crippen LogP contribution in [0.15, 0.2) is 0 Å². The largest absolute Gasteiger partial charge is 0.323 e. The summed E-state index contributed by atoms with van der Waals surface area (Å²) in [4.78, 5) is 0. The summed E-state index contributed by atoms with van der Waals surface area (Å²) in [5.41, 5.74) is 0. The van der Waals surface area contributed by atoms with Gasteiger partial charge in [-0.2, -0.15) is 0 Å². The van der Waals surface area contributed by atoms with Crippen LogP contribution in [0.25, 0.3) is 0 Å². The average molecular weight is 318 g/mol. The van der Waals surface area contributed by atoms with Gasteiger partial charge in [-0.15, -0.1) is 0 Å². The molecule has 1 radical (unpaired) electrons. The quantitative estimate of drug-likeness (QED) is 0.378. The first-order chi connectivity index (χ1) is 7.07. The Balaban J connectivity index is -0.0000000192. The number of nitrogens with one attached hydrogen (secondary N) is 5. The first-order valence-electron chi connectivity index (χ1n) is 5.00. The van der Waals surface area contributed by atoms with Crippen LogP contribution < -0.4 is 26.6 Å². The molecule has 0 fully saturated rings. The fraction of sp³-hybridized carbons (Fsp3) is 1.00. The van der Waals surface area contributed by atoms with Crippen LogP contribution in [0, 0.1) is 0 Å². The third kappa shape index (κ3) is 9130. The van der Waals surface area contributed by atoms with Gasteiger partial charge in [0.1, 0.15) is 0 Å². The molecule has 0 amide bonds. The Kier molecular flexibility index (Phi) is 241. The van der Waals surface area contributed by atoms with Crippen LogP contribution in [0.2, 0.25) is 0 Å². The molecule has 105 valence electrons. The van der Waals surface area contributed by atoms with Gasteiger partial charge in [-0.05, 0) is 70.5 Å². The fourth-order valence-corrected chi connectivity index (χ4v) is 0. The first kappa shape index (κ1) is 36.0. The Morgan fingerprint density at radius 1 is 0.312 bits per heavy atom. The van der Waals surface area contributed by atoms with E-state index in [0.29, 0.717) is 0 Å². The molecule has 6 heteroatoms. The minimum Gasteiger partial charge on any atom is -0.323 e. The summed E-state index contributed by atoms with van der Waals surface area (Å²) in [7, 11) is 18.8. The van der Waals surface area contributed by atoms with Crippen LogP contribution in [-0.4, -0.2) is 70.5 Å². The van der Waals surface area contributed by atoms with E-state index >= 15 is 0 Å². The topological polar surface area (TPSA) is 60.1 Å². The molecule has 0 bridgehead atoms. The van der Waals surface area contributed by atoms with Crippen molar-refractivity contribution in [2.24, 2.45) is 0 Å². The van der Waals surface area contributed by atoms with E-state index in [0.717, 1.165) is 0 Å². The van der Waals surface area contributed by atoms with Crippen LogP contribution in [0.1, 0.15) is 0 Å². The van der Waals surface area contributed by atoms with Crippen molar-refractivity contribution < 1.29 is 22.4 Å². The Morgan fingerprint density at radius 2 is 0.312 bits per heavy atom. The molecule has 0 saturated heterocycles. The van der Waals surface area contributed by atoms with Gasteiger partial charge in [-0.1, -0.05) is 0 Å². The van der Waals surface area contributed by atoms with Crippen LogP contribution in [0.3, 0.4) is 0 Å². The molecule has 0 saturated carbocycles. The van der Waals surface area contributed by atoms with E-state index in [1.807, 2.05) is 70.5 Å². The van der Waals surface area contributed by atoms with Gasteiger partial charge in [0.2, 0.25) is 0 Å². The molecule has 0 heterocycles. The molecular formula is C10H35N5Nb. The maximum atomic E-state index is 2.75. The van der Waals surface area contributed by atoms with Crippen molar-refractivity contribution in [3.05, 3.63) is 0 Å². The SMILES string of the molecule is CNC.CNC.CNC.CNC.CNC.[Nb]. The van der Waals surface area contributed by atoms with Crippen molar-refractivity contribution in [2.45, 2.75) is 0 Å². The molecule has 5 nitrogen and oxygen atoms in total. The molecule has 0 rings (SSSR count). The van der Waals surface area contributed by atoms with Crippen molar-refractivity contribution in [2.75, 3.05) is 70.5 Å². The van der Waals surface area contributed by atoms with Gasteiger partial charge >= 0.3 is 0 Å². The Hall–Kier alpha value is 0.540. The Morgan fingerprint density at radius 3 is 0.312 bits per heavy atom. The van der Waals surface area contributed by atoms with Crippen molar-refractivity contribution in [1.29, 1.82) is 0 Å². The zero-order valence-corrected chi connectivity index (χ0v) is 15.1. The van der Waals surface area contributed by atoms with Crippen molar-refractivity contribution in [1.82, 2.24) is 26.6 Å². The maximum Gasteiger partial charge on any atom is 0 e. The normalized spacial score (nSPS) is 5.62. The average Bonchev–Trinajstić information content (AvgIpc) is 2.09. The monoisotopic (exact) mass is 318 g/mol. The zero-order valence-electron chi connectivity index (χ0n) is 12.9. The summed E-state index contributed by atoms with van der Waals surface area (Å²) in [6.45, 7) is 0. The van der Waals surface area contributed by atoms with Gasteiger partial charge in [0.15, 0.2) is 0 Å². The molecule has 0 aromatic heterocycles. The molecule has 0 aliphatic rings. The van der Waals surface area contributed by atoms with Gasteiger partial charge < -0.3 is 26.6 Å². The summed E-state index contributed by atoms with van der Waals surface area (Å²) in [6, 6.07) is 0. The first-order valence-corrected chi connectivity index (χ1v) is 5.00. The second kappa shape index (κ2) is 107. The third-order valence-corrected chi connectivity index (χ3v) is 0. The van der Waals surface area contributed by atoms with E-state index in [4.69, 9.17) is 0 Å². The predicted molar refractivity (Wildman–Crippen MR) is 74.9 cm³/mol. The molecule has 5 N–H and O–H groups in total. The minimum atomic E-state index is 0. The fourth-order valence-electron chi connectivity index (χ4n) is 0. The minimum absolute atomic E-state index is 0. The zero-order chi connectivity index (χ0) is 13.5. The molecule has 0 spiro atoms. The van der Waals surface area contributed by atoms with E-state index in [9.17, 15) is 0 Å². The molecule has 0 atom stereocenters. The van der Waals surface area contributed by atoms with Crippen molar-refractivity contribution >= 4 is 0 Å². The molecule has 0 aromatic carbocycles. The Labute approximate surface area is 119 Å². The molecule has 0 unspecified atom stereocenters. The molecule has 0 aromatic rings. The van der Waals surface area contributed by atoms with Crippen molar-refractivity contribution in [3.8, 4) is 0 Å². The third-order valence-electron chi connectivity index (χ3n) is 0. The van der Waals surface area contributed by atoms with Crippen LogP contribution in [0.5, 0.6) is 0 Å². The number of hydrogen-bond donors (Lipinski definition) is 5. The van der Waals surface area contributed by atoms with Gasteiger partial charge in [0, 0.05) is 22.4 Å². The van der Waals surface area contributed by atoms with Crippen LogP contribution >= 0.6 is 0 Å². The van der Waals surface area contributed by atoms with E-state index in [1.54, 1.807) is 0 Å². The van der Waals surface area contributed by atoms with E-state index < -0.39 is 0 Å². The summed E-state index contributed by atoms with van der Waals surface area (Å²) >= 11 is 0. The smallest absolute Gasteiger partial charge is 0 e. The van der Waals surface area contributed by atoms with E-state index in [1.165, 1.54) is 0 Å². The van der Waals surface area contributed by atoms with Crippen LogP contribution in [0.4, 0.5) is 0 Å². The second-order valence-corrected chi connectivity index (χ2v) is 2.50. The molecule has 0 aliphatic carbocycles. The Bertz CT molecular complexity index is 30.8. The van der Waals surface area contributed by atoms with Gasteiger partial charge in [-0.25, -0.2) is 0 Å². The maximum absolute atomic E-state index is 2.75. The summed E-state index contributed by atoms with van der Waals surface area (Å²) in [5, 5.41) is 13.8. The number of rotatable bonds is 0. The van der Waals surface area contributed by atoms with E-state index in [-0.39, 0.29) is 22.4 Å². The predicted octanol–water partition coefficient (Wildman–Crippen LogP) is -0.824.